The highest BCUT2D eigenvalue weighted by Crippen LogP contribution is 2.33. The van der Waals surface area contributed by atoms with Gasteiger partial charge in [-0.05, 0) is 77.5 Å². The summed E-state index contributed by atoms with van der Waals surface area (Å²) in [6.07, 6.45) is 7.50. The van der Waals surface area contributed by atoms with Gasteiger partial charge in [-0.15, -0.1) is 11.6 Å². The number of alkyl halides is 1. The molecule has 130 valence electrons. The summed E-state index contributed by atoms with van der Waals surface area (Å²) in [5.74, 6) is 0.786. The van der Waals surface area contributed by atoms with E-state index in [-0.39, 0.29) is 0 Å². The lowest BCUT2D eigenvalue weighted by Gasteiger charge is -2.44. The van der Waals surface area contributed by atoms with Gasteiger partial charge in [-0.25, -0.2) is 0 Å². The molecule has 0 aromatic rings. The monoisotopic (exact) mass is 329 g/mol. The van der Waals surface area contributed by atoms with Crippen LogP contribution in [0.4, 0.5) is 0 Å². The Hall–Kier alpha value is 0.170. The molecule has 4 heteroatoms. The Morgan fingerprint density at radius 1 is 1.23 bits per heavy atom. The maximum absolute atomic E-state index is 6.35. The zero-order chi connectivity index (χ0) is 15.9. The van der Waals surface area contributed by atoms with Crippen LogP contribution in [-0.2, 0) is 0 Å². The Balaban J connectivity index is 1.72. The Morgan fingerprint density at radius 3 is 2.73 bits per heavy atom. The topological polar surface area (TPSA) is 27.3 Å². The van der Waals surface area contributed by atoms with Crippen molar-refractivity contribution in [3.05, 3.63) is 0 Å². The predicted octanol–water partition coefficient (Wildman–Crippen LogP) is 3.22. The van der Waals surface area contributed by atoms with E-state index in [2.05, 4.69) is 36.3 Å². The van der Waals surface area contributed by atoms with Gasteiger partial charge in [0.05, 0.1) is 0 Å². The van der Waals surface area contributed by atoms with Crippen LogP contribution < -0.4 is 10.6 Å². The average Bonchev–Trinajstić information content (AvgIpc) is 2.51. The van der Waals surface area contributed by atoms with Crippen LogP contribution in [-0.4, -0.2) is 54.6 Å². The molecule has 2 fully saturated rings. The standard InChI is InChI=1S/C18H36ClN3/c1-4-22(5-2)12-6-7-14(3)21-17-10-11-20-18-13-15(19)8-9-16(17)18/h14-18,20-21H,4-13H2,1-3H3. The highest BCUT2D eigenvalue weighted by Gasteiger charge is 2.37. The fourth-order valence-electron chi connectivity index (χ4n) is 4.31. The van der Waals surface area contributed by atoms with E-state index in [4.69, 9.17) is 11.6 Å². The fourth-order valence-corrected chi connectivity index (χ4v) is 4.63. The normalized spacial score (nSPS) is 33.7. The smallest absolute Gasteiger partial charge is 0.0351 e. The third kappa shape index (κ3) is 5.36. The number of fused-ring (bicyclic) bond motifs is 1. The summed E-state index contributed by atoms with van der Waals surface area (Å²) >= 11 is 6.35. The molecule has 1 saturated carbocycles. The molecular weight excluding hydrogens is 294 g/mol. The van der Waals surface area contributed by atoms with E-state index in [0.717, 1.165) is 18.9 Å². The molecule has 22 heavy (non-hydrogen) atoms. The summed E-state index contributed by atoms with van der Waals surface area (Å²) in [4.78, 5) is 2.52. The van der Waals surface area contributed by atoms with Crippen molar-refractivity contribution in [3.8, 4) is 0 Å². The van der Waals surface area contributed by atoms with Gasteiger partial charge in [-0.3, -0.25) is 0 Å². The van der Waals surface area contributed by atoms with Crippen molar-refractivity contribution in [2.45, 2.75) is 82.8 Å². The van der Waals surface area contributed by atoms with Crippen molar-refractivity contribution in [1.82, 2.24) is 15.5 Å². The van der Waals surface area contributed by atoms with Gasteiger partial charge in [0.15, 0.2) is 0 Å². The molecular formula is C18H36ClN3. The first-order chi connectivity index (χ1) is 10.6. The molecule has 5 unspecified atom stereocenters. The third-order valence-electron chi connectivity index (χ3n) is 5.72. The molecule has 2 rings (SSSR count). The van der Waals surface area contributed by atoms with E-state index in [1.54, 1.807) is 0 Å². The molecule has 1 heterocycles. The molecule has 0 aromatic carbocycles. The number of hydrogen-bond donors (Lipinski definition) is 2. The van der Waals surface area contributed by atoms with Crippen LogP contribution in [0.25, 0.3) is 0 Å². The highest BCUT2D eigenvalue weighted by molar-refractivity contribution is 6.20. The molecule has 0 spiro atoms. The summed E-state index contributed by atoms with van der Waals surface area (Å²) in [6.45, 7) is 11.6. The quantitative estimate of drug-likeness (QED) is 0.669. The second kappa shape index (κ2) is 9.46. The number of hydrogen-bond acceptors (Lipinski definition) is 3. The molecule has 2 aliphatic rings. The van der Waals surface area contributed by atoms with Crippen molar-refractivity contribution >= 4 is 11.6 Å². The van der Waals surface area contributed by atoms with Crippen molar-refractivity contribution in [1.29, 1.82) is 0 Å². The summed E-state index contributed by atoms with van der Waals surface area (Å²) in [5, 5.41) is 8.03. The van der Waals surface area contributed by atoms with Crippen LogP contribution >= 0.6 is 11.6 Å². The molecule has 1 aliphatic carbocycles. The third-order valence-corrected chi connectivity index (χ3v) is 6.12. The second-order valence-corrected chi connectivity index (χ2v) is 7.88. The molecule has 0 radical (unpaired) electrons. The zero-order valence-electron chi connectivity index (χ0n) is 14.8. The van der Waals surface area contributed by atoms with Crippen LogP contribution in [0, 0.1) is 5.92 Å². The Kier molecular flexibility index (Phi) is 7.96. The van der Waals surface area contributed by atoms with Crippen LogP contribution in [0.15, 0.2) is 0 Å². The summed E-state index contributed by atoms with van der Waals surface area (Å²) in [7, 11) is 0. The fraction of sp³-hybridized carbons (Fsp3) is 1.00. The van der Waals surface area contributed by atoms with Crippen molar-refractivity contribution < 1.29 is 0 Å². The number of nitrogens with zero attached hydrogens (tertiary/aromatic N) is 1. The molecule has 1 aliphatic heterocycles. The van der Waals surface area contributed by atoms with Gasteiger partial charge in [0.25, 0.3) is 0 Å². The largest absolute Gasteiger partial charge is 0.314 e. The van der Waals surface area contributed by atoms with E-state index >= 15 is 0 Å². The van der Waals surface area contributed by atoms with Gasteiger partial charge in [0, 0.05) is 23.5 Å². The van der Waals surface area contributed by atoms with E-state index in [0.29, 0.717) is 23.5 Å². The van der Waals surface area contributed by atoms with E-state index in [1.807, 2.05) is 0 Å². The lowest BCUT2D eigenvalue weighted by Crippen LogP contribution is -2.57. The van der Waals surface area contributed by atoms with E-state index < -0.39 is 0 Å². The maximum atomic E-state index is 6.35. The summed E-state index contributed by atoms with van der Waals surface area (Å²) in [5.41, 5.74) is 0. The molecule has 3 nitrogen and oxygen atoms in total. The minimum atomic E-state index is 0.388. The molecule has 0 bridgehead atoms. The first-order valence-corrected chi connectivity index (χ1v) is 9.93. The van der Waals surface area contributed by atoms with Crippen LogP contribution in [0.2, 0.25) is 0 Å². The number of halogens is 1. The van der Waals surface area contributed by atoms with Crippen molar-refractivity contribution in [2.24, 2.45) is 5.92 Å². The van der Waals surface area contributed by atoms with Gasteiger partial charge in [-0.1, -0.05) is 13.8 Å². The number of rotatable bonds is 8. The van der Waals surface area contributed by atoms with Gasteiger partial charge in [-0.2, -0.15) is 0 Å². The van der Waals surface area contributed by atoms with Gasteiger partial charge >= 0.3 is 0 Å². The Morgan fingerprint density at radius 2 is 2.00 bits per heavy atom. The van der Waals surface area contributed by atoms with Crippen molar-refractivity contribution in [2.75, 3.05) is 26.2 Å². The molecule has 2 N–H and O–H groups in total. The molecule has 1 saturated heterocycles. The molecule has 0 aromatic heterocycles. The SMILES string of the molecule is CCN(CC)CCCC(C)NC1CCNC2CC(Cl)CCC21. The van der Waals surface area contributed by atoms with Crippen LogP contribution in [0.3, 0.4) is 0 Å². The van der Waals surface area contributed by atoms with Gasteiger partial charge in [0.2, 0.25) is 0 Å². The van der Waals surface area contributed by atoms with E-state index in [9.17, 15) is 0 Å². The Labute approximate surface area is 142 Å². The van der Waals surface area contributed by atoms with Gasteiger partial charge < -0.3 is 15.5 Å². The first-order valence-electron chi connectivity index (χ1n) is 9.49. The van der Waals surface area contributed by atoms with Crippen LogP contribution in [0.5, 0.6) is 0 Å². The molecule has 0 amide bonds. The number of piperidine rings is 1. The average molecular weight is 330 g/mol. The molecule has 5 atom stereocenters. The highest BCUT2D eigenvalue weighted by atomic mass is 35.5. The van der Waals surface area contributed by atoms with Gasteiger partial charge in [0.1, 0.15) is 0 Å². The minimum Gasteiger partial charge on any atom is -0.314 e. The first kappa shape index (κ1) is 18.5. The van der Waals surface area contributed by atoms with Crippen molar-refractivity contribution in [3.63, 3.8) is 0 Å². The number of nitrogens with one attached hydrogen (secondary N) is 2. The second-order valence-electron chi connectivity index (χ2n) is 7.27. The summed E-state index contributed by atoms with van der Waals surface area (Å²) < 4.78 is 0. The minimum absolute atomic E-state index is 0.388. The maximum Gasteiger partial charge on any atom is 0.0351 e. The Bertz CT molecular complexity index is 309. The zero-order valence-corrected chi connectivity index (χ0v) is 15.5. The van der Waals surface area contributed by atoms with Crippen LogP contribution in [0.1, 0.15) is 59.3 Å². The lowest BCUT2D eigenvalue weighted by molar-refractivity contribution is 0.153. The van der Waals surface area contributed by atoms with E-state index in [1.165, 1.54) is 51.7 Å². The summed E-state index contributed by atoms with van der Waals surface area (Å²) in [6, 6.07) is 1.97. The lowest BCUT2D eigenvalue weighted by atomic mass is 9.76. The predicted molar refractivity (Wildman–Crippen MR) is 96.8 cm³/mol.